The van der Waals surface area contributed by atoms with Gasteiger partial charge in [-0.3, -0.25) is 9.59 Å². The highest BCUT2D eigenvalue weighted by Gasteiger charge is 2.36. The van der Waals surface area contributed by atoms with Gasteiger partial charge in [0.1, 0.15) is 5.41 Å². The number of carbonyl (C=O) groups excluding carboxylic acids is 2. The molecule has 0 spiro atoms. The van der Waals surface area contributed by atoms with Crippen LogP contribution in [0.3, 0.4) is 0 Å². The first-order valence-corrected chi connectivity index (χ1v) is 8.04. The Morgan fingerprint density at radius 2 is 1.50 bits per heavy atom. The van der Waals surface area contributed by atoms with E-state index in [1.807, 2.05) is 32.0 Å². The normalized spacial score (nSPS) is 11.0. The third-order valence-electron chi connectivity index (χ3n) is 3.90. The van der Waals surface area contributed by atoms with Crippen LogP contribution >= 0.6 is 11.6 Å². The number of para-hydroxylation sites is 1. The predicted octanol–water partition coefficient (Wildman–Crippen LogP) is 4.56. The van der Waals surface area contributed by atoms with Gasteiger partial charge >= 0.3 is 0 Å². The van der Waals surface area contributed by atoms with E-state index in [4.69, 9.17) is 11.6 Å². The number of hydrogen-bond donors (Lipinski definition) is 2. The molecule has 2 rings (SSSR count). The van der Waals surface area contributed by atoms with Gasteiger partial charge in [-0.15, -0.1) is 0 Å². The molecular weight excluding hydrogens is 324 g/mol. The zero-order valence-electron chi connectivity index (χ0n) is 14.2. The second kappa shape index (κ2) is 7.05. The minimum absolute atomic E-state index is 0.374. The first-order valence-electron chi connectivity index (χ1n) is 7.66. The maximum atomic E-state index is 12.6. The average molecular weight is 345 g/mol. The molecule has 0 radical (unpaired) electrons. The highest BCUT2D eigenvalue weighted by molar-refractivity contribution is 6.34. The Balaban J connectivity index is 2.16. The molecule has 0 unspecified atom stereocenters. The lowest BCUT2D eigenvalue weighted by Gasteiger charge is -2.23. The fourth-order valence-electron chi connectivity index (χ4n) is 2.09. The van der Waals surface area contributed by atoms with Gasteiger partial charge in [0.15, 0.2) is 0 Å². The van der Waals surface area contributed by atoms with E-state index in [0.717, 1.165) is 11.1 Å². The lowest BCUT2D eigenvalue weighted by atomic mass is 9.90. The number of aryl methyl sites for hydroxylation is 2. The minimum Gasteiger partial charge on any atom is -0.325 e. The summed E-state index contributed by atoms with van der Waals surface area (Å²) in [6.07, 6.45) is 0. The van der Waals surface area contributed by atoms with Crippen LogP contribution < -0.4 is 10.6 Å². The highest BCUT2D eigenvalue weighted by atomic mass is 35.5. The number of rotatable bonds is 4. The largest absolute Gasteiger partial charge is 0.325 e. The summed E-state index contributed by atoms with van der Waals surface area (Å²) in [7, 11) is 0. The summed E-state index contributed by atoms with van der Waals surface area (Å²) in [4.78, 5) is 25.1. The number of nitrogens with one attached hydrogen (secondary N) is 2. The van der Waals surface area contributed by atoms with Crippen molar-refractivity contribution in [3.05, 3.63) is 58.6 Å². The molecule has 2 aromatic carbocycles. The molecule has 0 atom stereocenters. The highest BCUT2D eigenvalue weighted by Crippen LogP contribution is 2.26. The minimum atomic E-state index is -1.25. The van der Waals surface area contributed by atoms with Gasteiger partial charge in [0.25, 0.3) is 0 Å². The van der Waals surface area contributed by atoms with Gasteiger partial charge in [-0.05, 0) is 57.0 Å². The van der Waals surface area contributed by atoms with Gasteiger partial charge in [0, 0.05) is 5.69 Å². The molecule has 4 nitrogen and oxygen atoms in total. The molecule has 2 amide bonds. The van der Waals surface area contributed by atoms with Crippen molar-refractivity contribution in [2.45, 2.75) is 27.7 Å². The zero-order valence-corrected chi connectivity index (χ0v) is 15.0. The monoisotopic (exact) mass is 344 g/mol. The van der Waals surface area contributed by atoms with E-state index in [0.29, 0.717) is 16.4 Å². The van der Waals surface area contributed by atoms with E-state index in [2.05, 4.69) is 10.6 Å². The Hall–Kier alpha value is -2.33. The summed E-state index contributed by atoms with van der Waals surface area (Å²) in [6.45, 7) is 7.02. The Morgan fingerprint density at radius 1 is 0.917 bits per heavy atom. The maximum absolute atomic E-state index is 12.6. The van der Waals surface area contributed by atoms with Crippen LogP contribution in [-0.4, -0.2) is 11.8 Å². The predicted molar refractivity (Wildman–Crippen MR) is 98.4 cm³/mol. The van der Waals surface area contributed by atoms with E-state index in [9.17, 15) is 9.59 Å². The van der Waals surface area contributed by atoms with Crippen LogP contribution in [0.25, 0.3) is 0 Å². The third-order valence-corrected chi connectivity index (χ3v) is 4.23. The van der Waals surface area contributed by atoms with Crippen LogP contribution in [0.4, 0.5) is 11.4 Å². The smallest absolute Gasteiger partial charge is 0.239 e. The van der Waals surface area contributed by atoms with Crippen LogP contribution in [0.15, 0.2) is 42.5 Å². The van der Waals surface area contributed by atoms with Gasteiger partial charge < -0.3 is 10.6 Å². The molecule has 0 aromatic heterocycles. The van der Waals surface area contributed by atoms with Gasteiger partial charge in [-0.2, -0.15) is 0 Å². The molecule has 0 aliphatic carbocycles. The third kappa shape index (κ3) is 3.95. The summed E-state index contributed by atoms with van der Waals surface area (Å²) in [5.74, 6) is -0.792. The van der Waals surface area contributed by atoms with E-state index in [-0.39, 0.29) is 5.91 Å². The summed E-state index contributed by atoms with van der Waals surface area (Å²) in [6, 6.07) is 12.7. The number of benzene rings is 2. The molecule has 0 aliphatic rings. The quantitative estimate of drug-likeness (QED) is 0.799. The van der Waals surface area contributed by atoms with E-state index >= 15 is 0 Å². The number of anilines is 2. The first-order chi connectivity index (χ1) is 11.2. The van der Waals surface area contributed by atoms with Crippen molar-refractivity contribution in [3.63, 3.8) is 0 Å². The topological polar surface area (TPSA) is 58.2 Å². The molecule has 2 aromatic rings. The fraction of sp³-hybridized carbons (Fsp3) is 0.263. The Kier molecular flexibility index (Phi) is 5.30. The maximum Gasteiger partial charge on any atom is 0.239 e. The van der Waals surface area contributed by atoms with Gasteiger partial charge in [-0.25, -0.2) is 0 Å². The van der Waals surface area contributed by atoms with Crippen molar-refractivity contribution >= 4 is 34.8 Å². The fourth-order valence-corrected chi connectivity index (χ4v) is 2.28. The van der Waals surface area contributed by atoms with E-state index < -0.39 is 11.3 Å². The van der Waals surface area contributed by atoms with Crippen molar-refractivity contribution in [3.8, 4) is 0 Å². The molecule has 2 N–H and O–H groups in total. The van der Waals surface area contributed by atoms with Crippen LogP contribution in [0.1, 0.15) is 25.0 Å². The Labute approximate surface area is 147 Å². The molecular formula is C19H21ClN2O2. The Bertz CT molecular complexity index is 785. The van der Waals surface area contributed by atoms with Crippen molar-refractivity contribution < 1.29 is 9.59 Å². The van der Waals surface area contributed by atoms with Crippen molar-refractivity contribution in [2.75, 3.05) is 10.6 Å². The Morgan fingerprint density at radius 3 is 2.12 bits per heavy atom. The second-order valence-electron chi connectivity index (χ2n) is 6.33. The van der Waals surface area contributed by atoms with Crippen LogP contribution in [0.5, 0.6) is 0 Å². The molecule has 5 heteroatoms. The molecule has 0 saturated carbocycles. The standard InChI is InChI=1S/C19H21ClN2O2/c1-12-9-10-13(2)16(11-12)22-18(24)19(3,4)17(23)21-15-8-6-5-7-14(15)20/h5-11H,1-4H3,(H,21,23)(H,22,24). The summed E-state index contributed by atoms with van der Waals surface area (Å²) in [5, 5.41) is 5.98. The van der Waals surface area contributed by atoms with Crippen LogP contribution in [0.2, 0.25) is 5.02 Å². The van der Waals surface area contributed by atoms with E-state index in [1.165, 1.54) is 0 Å². The van der Waals surface area contributed by atoms with Gasteiger partial charge in [0.05, 0.1) is 10.7 Å². The summed E-state index contributed by atoms with van der Waals surface area (Å²) >= 11 is 6.05. The van der Waals surface area contributed by atoms with Gasteiger partial charge in [-0.1, -0.05) is 35.9 Å². The van der Waals surface area contributed by atoms with Gasteiger partial charge in [0.2, 0.25) is 11.8 Å². The average Bonchev–Trinajstić information content (AvgIpc) is 2.53. The number of hydrogen-bond acceptors (Lipinski definition) is 2. The van der Waals surface area contributed by atoms with Crippen molar-refractivity contribution in [1.82, 2.24) is 0 Å². The molecule has 24 heavy (non-hydrogen) atoms. The van der Waals surface area contributed by atoms with Crippen LogP contribution in [-0.2, 0) is 9.59 Å². The summed E-state index contributed by atoms with van der Waals surface area (Å²) in [5.41, 5.74) is 1.91. The van der Waals surface area contributed by atoms with Crippen LogP contribution in [0, 0.1) is 19.3 Å². The molecule has 0 bridgehead atoms. The van der Waals surface area contributed by atoms with Crippen molar-refractivity contribution in [1.29, 1.82) is 0 Å². The number of carbonyl (C=O) groups is 2. The molecule has 0 saturated heterocycles. The zero-order chi connectivity index (χ0) is 17.9. The summed E-state index contributed by atoms with van der Waals surface area (Å²) < 4.78 is 0. The second-order valence-corrected chi connectivity index (χ2v) is 6.74. The first kappa shape index (κ1) is 18.0. The molecule has 0 aliphatic heterocycles. The number of amides is 2. The molecule has 126 valence electrons. The molecule has 0 fully saturated rings. The number of halogens is 1. The lowest BCUT2D eigenvalue weighted by molar-refractivity contribution is -0.135. The van der Waals surface area contributed by atoms with E-state index in [1.54, 1.807) is 38.1 Å². The SMILES string of the molecule is Cc1ccc(C)c(NC(=O)C(C)(C)C(=O)Nc2ccccc2Cl)c1. The lowest BCUT2D eigenvalue weighted by Crippen LogP contribution is -2.41. The molecule has 0 heterocycles. The van der Waals surface area contributed by atoms with Crippen molar-refractivity contribution in [2.24, 2.45) is 5.41 Å².